The Morgan fingerprint density at radius 2 is 1.77 bits per heavy atom. The van der Waals surface area contributed by atoms with E-state index in [0.717, 1.165) is 15.9 Å². The van der Waals surface area contributed by atoms with E-state index < -0.39 is 10.0 Å². The molecule has 0 aliphatic rings. The van der Waals surface area contributed by atoms with Crippen molar-refractivity contribution in [3.8, 4) is 0 Å². The molecule has 0 fully saturated rings. The molecular formula is C17H23BrN4O3S. The van der Waals surface area contributed by atoms with Gasteiger partial charge in [-0.25, -0.2) is 8.42 Å². The van der Waals surface area contributed by atoms with E-state index in [0.29, 0.717) is 18.8 Å². The predicted octanol–water partition coefficient (Wildman–Crippen LogP) is 2.93. The van der Waals surface area contributed by atoms with Crippen molar-refractivity contribution in [1.82, 2.24) is 14.1 Å². The fraction of sp³-hybridized carbons (Fsp3) is 0.412. The summed E-state index contributed by atoms with van der Waals surface area (Å²) in [5.41, 5.74) is 2.23. The monoisotopic (exact) mass is 442 g/mol. The lowest BCUT2D eigenvalue weighted by Crippen LogP contribution is -2.30. The standard InChI is InChI=1S/C17H23BrN4O3S/c1-5-21(6-2)26(24,25)15-9-7-14(8-10-15)19-16(23)11-22-13(4)17(18)12(3)20-22/h7-10H,5-6,11H2,1-4H3,(H,19,23). The number of carbonyl (C=O) groups excluding carboxylic acids is 1. The number of carbonyl (C=O) groups is 1. The quantitative estimate of drug-likeness (QED) is 0.713. The Morgan fingerprint density at radius 1 is 1.19 bits per heavy atom. The average molecular weight is 443 g/mol. The molecule has 142 valence electrons. The van der Waals surface area contributed by atoms with Crippen LogP contribution in [0, 0.1) is 13.8 Å². The normalized spacial score (nSPS) is 11.8. The van der Waals surface area contributed by atoms with Gasteiger partial charge in [-0.15, -0.1) is 0 Å². The van der Waals surface area contributed by atoms with Crippen LogP contribution in [-0.4, -0.2) is 41.5 Å². The first-order valence-electron chi connectivity index (χ1n) is 8.30. The molecule has 1 aromatic carbocycles. The number of benzene rings is 1. The summed E-state index contributed by atoms with van der Waals surface area (Å²) >= 11 is 3.43. The Hall–Kier alpha value is -1.71. The van der Waals surface area contributed by atoms with E-state index in [4.69, 9.17) is 0 Å². The minimum atomic E-state index is -3.50. The van der Waals surface area contributed by atoms with Crippen LogP contribution in [0.3, 0.4) is 0 Å². The fourth-order valence-electron chi connectivity index (χ4n) is 2.59. The number of nitrogens with zero attached hydrogens (tertiary/aromatic N) is 3. The molecule has 2 aromatic rings. The summed E-state index contributed by atoms with van der Waals surface area (Å²) in [6.07, 6.45) is 0. The summed E-state index contributed by atoms with van der Waals surface area (Å²) in [6.45, 7) is 8.24. The fourth-order valence-corrected chi connectivity index (χ4v) is 4.33. The molecule has 1 N–H and O–H groups in total. The van der Waals surface area contributed by atoms with Crippen molar-refractivity contribution in [3.05, 3.63) is 40.1 Å². The summed E-state index contributed by atoms with van der Waals surface area (Å²) in [6, 6.07) is 6.18. The first-order chi connectivity index (χ1) is 12.2. The van der Waals surface area contributed by atoms with Crippen LogP contribution in [0.25, 0.3) is 0 Å². The summed E-state index contributed by atoms with van der Waals surface area (Å²) in [5, 5.41) is 7.06. The van der Waals surface area contributed by atoms with Crippen LogP contribution in [0.4, 0.5) is 5.69 Å². The van der Waals surface area contributed by atoms with Crippen molar-refractivity contribution in [1.29, 1.82) is 0 Å². The molecule has 0 saturated carbocycles. The summed E-state index contributed by atoms with van der Waals surface area (Å²) in [4.78, 5) is 12.4. The lowest BCUT2D eigenvalue weighted by molar-refractivity contribution is -0.116. The van der Waals surface area contributed by atoms with E-state index in [-0.39, 0.29) is 17.3 Å². The minimum absolute atomic E-state index is 0.0811. The topological polar surface area (TPSA) is 84.3 Å². The first-order valence-corrected chi connectivity index (χ1v) is 10.5. The molecule has 1 aromatic heterocycles. The molecule has 0 bridgehead atoms. The van der Waals surface area contributed by atoms with Crippen molar-refractivity contribution < 1.29 is 13.2 Å². The van der Waals surface area contributed by atoms with Gasteiger partial charge in [0.25, 0.3) is 0 Å². The number of hydrogen-bond acceptors (Lipinski definition) is 4. The van der Waals surface area contributed by atoms with Gasteiger partial charge in [-0.05, 0) is 54.0 Å². The molecular weight excluding hydrogens is 420 g/mol. The molecule has 0 radical (unpaired) electrons. The number of nitrogens with one attached hydrogen (secondary N) is 1. The van der Waals surface area contributed by atoms with Gasteiger partial charge < -0.3 is 5.32 Å². The zero-order valence-electron chi connectivity index (χ0n) is 15.3. The molecule has 1 amide bonds. The number of sulfonamides is 1. The lowest BCUT2D eigenvalue weighted by atomic mass is 10.3. The molecule has 2 rings (SSSR count). The van der Waals surface area contributed by atoms with E-state index >= 15 is 0 Å². The van der Waals surface area contributed by atoms with Gasteiger partial charge in [-0.3, -0.25) is 9.48 Å². The number of aryl methyl sites for hydroxylation is 1. The Balaban J connectivity index is 2.09. The summed E-state index contributed by atoms with van der Waals surface area (Å²) in [5.74, 6) is -0.234. The van der Waals surface area contributed by atoms with Gasteiger partial charge in [-0.2, -0.15) is 9.40 Å². The highest BCUT2D eigenvalue weighted by molar-refractivity contribution is 9.10. The average Bonchev–Trinajstić information content (AvgIpc) is 2.83. The molecule has 0 spiro atoms. The first kappa shape index (κ1) is 20.6. The third kappa shape index (κ3) is 4.33. The van der Waals surface area contributed by atoms with E-state index in [2.05, 4.69) is 26.3 Å². The van der Waals surface area contributed by atoms with Crippen LogP contribution in [0.1, 0.15) is 25.2 Å². The van der Waals surface area contributed by atoms with Crippen molar-refractivity contribution in [2.45, 2.75) is 39.1 Å². The third-order valence-corrected chi connectivity index (χ3v) is 7.28. The van der Waals surface area contributed by atoms with Crippen molar-refractivity contribution in [3.63, 3.8) is 0 Å². The molecule has 26 heavy (non-hydrogen) atoms. The number of hydrogen-bond donors (Lipinski definition) is 1. The Labute approximate surface area is 162 Å². The number of rotatable bonds is 7. The number of aromatic nitrogens is 2. The highest BCUT2D eigenvalue weighted by Gasteiger charge is 2.21. The second-order valence-corrected chi connectivity index (χ2v) is 8.54. The molecule has 1 heterocycles. The van der Waals surface area contributed by atoms with Gasteiger partial charge in [0.1, 0.15) is 6.54 Å². The van der Waals surface area contributed by atoms with Crippen LogP contribution >= 0.6 is 15.9 Å². The molecule has 0 unspecified atom stereocenters. The van der Waals surface area contributed by atoms with Crippen molar-refractivity contribution in [2.24, 2.45) is 0 Å². The van der Waals surface area contributed by atoms with Crippen molar-refractivity contribution in [2.75, 3.05) is 18.4 Å². The SMILES string of the molecule is CCN(CC)S(=O)(=O)c1ccc(NC(=O)Cn2nc(C)c(Br)c2C)cc1. The Bertz CT molecular complexity index is 887. The molecule has 9 heteroatoms. The number of amides is 1. The van der Waals surface area contributed by atoms with Crippen LogP contribution < -0.4 is 5.32 Å². The van der Waals surface area contributed by atoms with E-state index in [9.17, 15) is 13.2 Å². The van der Waals surface area contributed by atoms with Crippen LogP contribution in [0.2, 0.25) is 0 Å². The summed E-state index contributed by atoms with van der Waals surface area (Å²) in [7, 11) is -3.50. The Morgan fingerprint density at radius 3 is 2.23 bits per heavy atom. The van der Waals surface area contributed by atoms with Gasteiger partial charge in [0, 0.05) is 18.8 Å². The largest absolute Gasteiger partial charge is 0.324 e. The minimum Gasteiger partial charge on any atom is -0.324 e. The smallest absolute Gasteiger partial charge is 0.246 e. The van der Waals surface area contributed by atoms with Gasteiger partial charge >= 0.3 is 0 Å². The maximum absolute atomic E-state index is 12.5. The summed E-state index contributed by atoms with van der Waals surface area (Å²) < 4.78 is 28.8. The maximum atomic E-state index is 12.5. The highest BCUT2D eigenvalue weighted by Crippen LogP contribution is 2.20. The predicted molar refractivity (Wildman–Crippen MR) is 105 cm³/mol. The second-order valence-electron chi connectivity index (χ2n) is 5.80. The van der Waals surface area contributed by atoms with E-state index in [1.54, 1.807) is 30.7 Å². The van der Waals surface area contributed by atoms with Gasteiger partial charge in [0.05, 0.1) is 20.8 Å². The molecule has 0 saturated heterocycles. The zero-order valence-corrected chi connectivity index (χ0v) is 17.7. The zero-order chi connectivity index (χ0) is 19.5. The van der Waals surface area contributed by atoms with Gasteiger partial charge in [-0.1, -0.05) is 13.8 Å². The van der Waals surface area contributed by atoms with Gasteiger partial charge in [0.2, 0.25) is 15.9 Å². The van der Waals surface area contributed by atoms with Gasteiger partial charge in [0.15, 0.2) is 0 Å². The van der Waals surface area contributed by atoms with Crippen molar-refractivity contribution >= 4 is 37.5 Å². The number of anilines is 1. The molecule has 0 atom stereocenters. The highest BCUT2D eigenvalue weighted by atomic mass is 79.9. The number of halogens is 1. The maximum Gasteiger partial charge on any atom is 0.246 e. The molecule has 0 aliphatic carbocycles. The van der Waals surface area contributed by atoms with Crippen LogP contribution in [-0.2, 0) is 21.4 Å². The molecule has 7 nitrogen and oxygen atoms in total. The second kappa shape index (κ2) is 8.32. The van der Waals surface area contributed by atoms with E-state index in [1.807, 2.05) is 13.8 Å². The molecule has 0 aliphatic heterocycles. The lowest BCUT2D eigenvalue weighted by Gasteiger charge is -2.18. The van der Waals surface area contributed by atoms with Crippen LogP contribution in [0.15, 0.2) is 33.6 Å². The third-order valence-electron chi connectivity index (χ3n) is 4.07. The van der Waals surface area contributed by atoms with E-state index in [1.165, 1.54) is 16.4 Å². The van der Waals surface area contributed by atoms with Crippen LogP contribution in [0.5, 0.6) is 0 Å². The Kier molecular flexibility index (Phi) is 6.59.